The second-order valence-corrected chi connectivity index (χ2v) is 4.90. The number of nitrogens with one attached hydrogen (secondary N) is 2. The molecule has 0 aliphatic heterocycles. The van der Waals surface area contributed by atoms with E-state index in [4.69, 9.17) is 9.84 Å². The van der Waals surface area contributed by atoms with E-state index in [0.29, 0.717) is 0 Å². The molecule has 0 radical (unpaired) electrons. The van der Waals surface area contributed by atoms with Crippen molar-refractivity contribution in [2.45, 2.75) is 51.6 Å². The average Bonchev–Trinajstić information content (AvgIpc) is 2.22. The number of ether oxygens (including phenoxy) is 1. The number of methoxy groups -OCH3 is 1. The number of hydrogen-bond donors (Lipinski definition) is 3. The van der Waals surface area contributed by atoms with Crippen molar-refractivity contribution in [1.29, 1.82) is 0 Å². The van der Waals surface area contributed by atoms with E-state index in [2.05, 4.69) is 10.6 Å². The average molecular weight is 260 g/mol. The number of urea groups is 1. The van der Waals surface area contributed by atoms with Gasteiger partial charge in [-0.25, -0.2) is 9.59 Å². The number of amides is 2. The van der Waals surface area contributed by atoms with Crippen molar-refractivity contribution in [3.05, 3.63) is 0 Å². The van der Waals surface area contributed by atoms with E-state index in [0.717, 1.165) is 12.8 Å². The van der Waals surface area contributed by atoms with Gasteiger partial charge in [0.15, 0.2) is 0 Å². The Morgan fingerprint density at radius 1 is 1.39 bits per heavy atom. The van der Waals surface area contributed by atoms with Crippen LogP contribution in [0.15, 0.2) is 0 Å². The van der Waals surface area contributed by atoms with Gasteiger partial charge in [0.1, 0.15) is 6.04 Å². The summed E-state index contributed by atoms with van der Waals surface area (Å²) in [7, 11) is 1.49. The van der Waals surface area contributed by atoms with Crippen LogP contribution in [0.1, 0.15) is 40.0 Å². The Balaban J connectivity index is 4.29. The fourth-order valence-corrected chi connectivity index (χ4v) is 1.68. The summed E-state index contributed by atoms with van der Waals surface area (Å²) >= 11 is 0. The van der Waals surface area contributed by atoms with Crippen LogP contribution in [0.3, 0.4) is 0 Å². The number of hydrogen-bond acceptors (Lipinski definition) is 3. The highest BCUT2D eigenvalue weighted by molar-refractivity contribution is 5.82. The zero-order valence-corrected chi connectivity index (χ0v) is 11.6. The smallest absolute Gasteiger partial charge is 0.326 e. The molecule has 0 saturated carbocycles. The molecule has 3 N–H and O–H groups in total. The van der Waals surface area contributed by atoms with Gasteiger partial charge in [-0.2, -0.15) is 0 Å². The molecule has 0 heterocycles. The van der Waals surface area contributed by atoms with Crippen LogP contribution in [0, 0.1) is 0 Å². The maximum atomic E-state index is 11.7. The van der Waals surface area contributed by atoms with Crippen molar-refractivity contribution in [3.63, 3.8) is 0 Å². The van der Waals surface area contributed by atoms with Gasteiger partial charge in [0.25, 0.3) is 0 Å². The maximum absolute atomic E-state index is 11.7. The number of carboxylic acid groups (broad SMARTS) is 1. The van der Waals surface area contributed by atoms with Crippen LogP contribution in [-0.2, 0) is 9.53 Å². The SMILES string of the molecule is CCCC(C)(C)NC(=O)NC(CCOC)C(=O)O. The predicted molar refractivity (Wildman–Crippen MR) is 68.6 cm³/mol. The molecular formula is C12H24N2O4. The Morgan fingerprint density at radius 3 is 2.44 bits per heavy atom. The van der Waals surface area contributed by atoms with Gasteiger partial charge in [-0.05, 0) is 20.3 Å². The molecule has 2 amide bonds. The third-order valence-corrected chi connectivity index (χ3v) is 2.54. The van der Waals surface area contributed by atoms with Crippen LogP contribution >= 0.6 is 0 Å². The quantitative estimate of drug-likeness (QED) is 0.615. The molecule has 0 saturated heterocycles. The van der Waals surface area contributed by atoms with E-state index < -0.39 is 18.0 Å². The molecule has 0 rings (SSSR count). The van der Waals surface area contributed by atoms with Crippen LogP contribution in [0.2, 0.25) is 0 Å². The lowest BCUT2D eigenvalue weighted by molar-refractivity contribution is -0.139. The Hall–Kier alpha value is -1.30. The first-order valence-electron chi connectivity index (χ1n) is 6.13. The highest BCUT2D eigenvalue weighted by Crippen LogP contribution is 2.10. The zero-order chi connectivity index (χ0) is 14.2. The summed E-state index contributed by atoms with van der Waals surface area (Å²) in [6.07, 6.45) is 2.02. The topological polar surface area (TPSA) is 87.7 Å². The minimum atomic E-state index is -1.06. The molecule has 0 aliphatic carbocycles. The van der Waals surface area contributed by atoms with E-state index in [9.17, 15) is 9.59 Å². The van der Waals surface area contributed by atoms with Crippen molar-refractivity contribution >= 4 is 12.0 Å². The largest absolute Gasteiger partial charge is 0.480 e. The van der Waals surface area contributed by atoms with Crippen LogP contribution < -0.4 is 10.6 Å². The Bertz CT molecular complexity index is 279. The Morgan fingerprint density at radius 2 is 2.00 bits per heavy atom. The molecule has 6 nitrogen and oxygen atoms in total. The summed E-state index contributed by atoms with van der Waals surface area (Å²) in [5.41, 5.74) is -0.344. The van der Waals surface area contributed by atoms with Crippen molar-refractivity contribution in [2.75, 3.05) is 13.7 Å². The summed E-state index contributed by atoms with van der Waals surface area (Å²) in [5.74, 6) is -1.06. The number of aliphatic carboxylic acids is 1. The minimum absolute atomic E-state index is 0.244. The number of carbonyl (C=O) groups excluding carboxylic acids is 1. The van der Waals surface area contributed by atoms with Crippen molar-refractivity contribution < 1.29 is 19.4 Å². The summed E-state index contributed by atoms with van der Waals surface area (Å²) in [4.78, 5) is 22.6. The third-order valence-electron chi connectivity index (χ3n) is 2.54. The highest BCUT2D eigenvalue weighted by Gasteiger charge is 2.23. The van der Waals surface area contributed by atoms with Gasteiger partial charge in [0.05, 0.1) is 0 Å². The van der Waals surface area contributed by atoms with Gasteiger partial charge < -0.3 is 20.5 Å². The summed E-state index contributed by atoms with van der Waals surface area (Å²) < 4.78 is 4.81. The van der Waals surface area contributed by atoms with Gasteiger partial charge in [0, 0.05) is 25.7 Å². The molecule has 0 bridgehead atoms. The van der Waals surface area contributed by atoms with E-state index in [1.54, 1.807) is 0 Å². The van der Waals surface area contributed by atoms with Crippen LogP contribution in [0.5, 0.6) is 0 Å². The molecule has 0 aliphatic rings. The normalized spacial score (nSPS) is 12.9. The van der Waals surface area contributed by atoms with E-state index in [1.807, 2.05) is 20.8 Å². The van der Waals surface area contributed by atoms with E-state index in [-0.39, 0.29) is 18.6 Å². The Labute approximate surface area is 108 Å². The second kappa shape index (κ2) is 7.92. The van der Waals surface area contributed by atoms with E-state index >= 15 is 0 Å². The van der Waals surface area contributed by atoms with Crippen LogP contribution in [-0.4, -0.2) is 42.4 Å². The lowest BCUT2D eigenvalue weighted by Gasteiger charge is -2.27. The maximum Gasteiger partial charge on any atom is 0.326 e. The molecular weight excluding hydrogens is 236 g/mol. The molecule has 0 spiro atoms. The van der Waals surface area contributed by atoms with Crippen molar-refractivity contribution in [2.24, 2.45) is 0 Å². The summed E-state index contributed by atoms with van der Waals surface area (Å²) in [6.45, 7) is 6.12. The lowest BCUT2D eigenvalue weighted by Crippen LogP contribution is -2.52. The zero-order valence-electron chi connectivity index (χ0n) is 11.6. The monoisotopic (exact) mass is 260 g/mol. The first kappa shape index (κ1) is 16.7. The first-order valence-corrected chi connectivity index (χ1v) is 6.13. The third kappa shape index (κ3) is 7.11. The molecule has 106 valence electrons. The van der Waals surface area contributed by atoms with E-state index in [1.165, 1.54) is 7.11 Å². The molecule has 0 aromatic rings. The van der Waals surface area contributed by atoms with Crippen LogP contribution in [0.25, 0.3) is 0 Å². The standard InChI is InChI=1S/C12H24N2O4/c1-5-7-12(2,3)14-11(17)13-9(10(15)16)6-8-18-4/h9H,5-8H2,1-4H3,(H,15,16)(H2,13,14,17). The molecule has 0 fully saturated rings. The molecule has 6 heteroatoms. The molecule has 1 atom stereocenters. The van der Waals surface area contributed by atoms with Gasteiger partial charge in [-0.3, -0.25) is 0 Å². The molecule has 0 aromatic heterocycles. The Kier molecular flexibility index (Phi) is 7.35. The summed E-state index contributed by atoms with van der Waals surface area (Å²) in [6, 6.07) is -1.39. The second-order valence-electron chi connectivity index (χ2n) is 4.90. The predicted octanol–water partition coefficient (Wildman–Crippen LogP) is 1.35. The van der Waals surface area contributed by atoms with Crippen molar-refractivity contribution in [3.8, 4) is 0 Å². The molecule has 1 unspecified atom stereocenters. The van der Waals surface area contributed by atoms with Gasteiger partial charge in [-0.15, -0.1) is 0 Å². The summed E-state index contributed by atoms with van der Waals surface area (Å²) in [5, 5.41) is 14.2. The molecule has 0 aromatic carbocycles. The van der Waals surface area contributed by atoms with Gasteiger partial charge in [0.2, 0.25) is 0 Å². The number of rotatable bonds is 8. The fraction of sp³-hybridized carbons (Fsp3) is 0.833. The number of carboxylic acids is 1. The van der Waals surface area contributed by atoms with Crippen molar-refractivity contribution in [1.82, 2.24) is 10.6 Å². The highest BCUT2D eigenvalue weighted by atomic mass is 16.5. The first-order chi connectivity index (χ1) is 8.32. The fourth-order valence-electron chi connectivity index (χ4n) is 1.68. The minimum Gasteiger partial charge on any atom is -0.480 e. The number of carbonyl (C=O) groups is 2. The van der Waals surface area contributed by atoms with Gasteiger partial charge >= 0.3 is 12.0 Å². The van der Waals surface area contributed by atoms with Crippen LogP contribution in [0.4, 0.5) is 4.79 Å². The lowest BCUT2D eigenvalue weighted by atomic mass is 9.99. The van der Waals surface area contributed by atoms with Gasteiger partial charge in [-0.1, -0.05) is 13.3 Å². The molecule has 18 heavy (non-hydrogen) atoms.